The predicted molar refractivity (Wildman–Crippen MR) is 128 cm³/mol. The van der Waals surface area contributed by atoms with E-state index in [1.807, 2.05) is 66.9 Å². The number of ether oxygens (including phenoxy) is 2. The van der Waals surface area contributed by atoms with Gasteiger partial charge in [-0.3, -0.25) is 0 Å². The minimum Gasteiger partial charge on any atom is -0.504 e. The third-order valence-electron chi connectivity index (χ3n) is 4.91. The molecule has 0 spiro atoms. The van der Waals surface area contributed by atoms with Crippen LogP contribution in [0, 0.1) is 11.3 Å². The van der Waals surface area contributed by atoms with E-state index in [1.165, 1.54) is 6.92 Å². The zero-order valence-electron chi connectivity index (χ0n) is 18.9. The zero-order chi connectivity index (χ0) is 23.8. The van der Waals surface area contributed by atoms with E-state index in [9.17, 15) is 10.2 Å². The molecule has 0 saturated heterocycles. The lowest BCUT2D eigenvalue weighted by Crippen LogP contribution is -2.04. The average Bonchev–Trinajstić information content (AvgIpc) is 3.17. The van der Waals surface area contributed by atoms with E-state index < -0.39 is 0 Å². The van der Waals surface area contributed by atoms with E-state index >= 15 is 0 Å². The lowest BCUT2D eigenvalue weighted by atomic mass is 10.1. The van der Waals surface area contributed by atoms with Crippen LogP contribution >= 0.6 is 0 Å². The van der Waals surface area contributed by atoms with Crippen molar-refractivity contribution in [3.8, 4) is 40.5 Å². The molecule has 0 aliphatic carbocycles. The molecular weight excluding hydrogens is 418 g/mol. The van der Waals surface area contributed by atoms with Crippen LogP contribution in [-0.2, 0) is 6.54 Å². The van der Waals surface area contributed by atoms with Crippen LogP contribution in [0.15, 0.2) is 60.7 Å². The van der Waals surface area contributed by atoms with Gasteiger partial charge < -0.3 is 24.3 Å². The second-order valence-corrected chi connectivity index (χ2v) is 7.02. The molecule has 170 valence electrons. The van der Waals surface area contributed by atoms with Crippen LogP contribution in [0.3, 0.4) is 0 Å². The summed E-state index contributed by atoms with van der Waals surface area (Å²) >= 11 is 0. The SMILES string of the molecule is CC#N.CCOc1cccc(Cn2c(-c3cccc(OCC)c3O)nc3ccccc32)c1O. The molecule has 4 rings (SSSR count). The van der Waals surface area contributed by atoms with E-state index in [-0.39, 0.29) is 11.5 Å². The summed E-state index contributed by atoms with van der Waals surface area (Å²) in [6.45, 7) is 6.46. The van der Waals surface area contributed by atoms with Crippen molar-refractivity contribution < 1.29 is 19.7 Å². The minimum atomic E-state index is 0.0446. The number of benzene rings is 3. The maximum Gasteiger partial charge on any atom is 0.168 e. The summed E-state index contributed by atoms with van der Waals surface area (Å²) in [6, 6.07) is 20.3. The quantitative estimate of drug-likeness (QED) is 0.390. The predicted octanol–water partition coefficient (Wildman–Crippen LogP) is 5.49. The van der Waals surface area contributed by atoms with E-state index in [4.69, 9.17) is 19.7 Å². The fourth-order valence-electron chi connectivity index (χ4n) is 3.55. The molecule has 7 heteroatoms. The number of imidazole rings is 1. The van der Waals surface area contributed by atoms with Crippen molar-refractivity contribution in [2.45, 2.75) is 27.3 Å². The highest BCUT2D eigenvalue weighted by Gasteiger charge is 2.19. The molecule has 33 heavy (non-hydrogen) atoms. The fourth-order valence-corrected chi connectivity index (χ4v) is 3.55. The van der Waals surface area contributed by atoms with Crippen molar-refractivity contribution in [2.75, 3.05) is 13.2 Å². The monoisotopic (exact) mass is 445 g/mol. The standard InChI is InChI=1S/C24H24N2O4.C2H3N/c1-3-29-20-13-7-9-16(22(20)27)15-26-19-12-6-5-11-18(19)25-24(26)17-10-8-14-21(23(17)28)30-4-2;1-2-3/h5-14,27-28H,3-4,15H2,1-2H3;1H3. The first-order valence-corrected chi connectivity index (χ1v) is 10.7. The molecule has 7 nitrogen and oxygen atoms in total. The molecule has 0 atom stereocenters. The first-order chi connectivity index (χ1) is 16.0. The average molecular weight is 446 g/mol. The van der Waals surface area contributed by atoms with Crippen molar-refractivity contribution in [3.05, 3.63) is 66.2 Å². The third kappa shape index (κ3) is 5.01. The van der Waals surface area contributed by atoms with Crippen molar-refractivity contribution in [2.24, 2.45) is 0 Å². The van der Waals surface area contributed by atoms with Gasteiger partial charge in [-0.2, -0.15) is 5.26 Å². The van der Waals surface area contributed by atoms with E-state index in [1.54, 1.807) is 18.2 Å². The van der Waals surface area contributed by atoms with Gasteiger partial charge in [-0.1, -0.05) is 30.3 Å². The van der Waals surface area contributed by atoms with Crippen molar-refractivity contribution >= 4 is 11.0 Å². The number of nitriles is 1. The van der Waals surface area contributed by atoms with Crippen LogP contribution in [0.2, 0.25) is 0 Å². The Labute approximate surface area is 193 Å². The Morgan fingerprint density at radius 2 is 1.48 bits per heavy atom. The number of phenolic OH excluding ortho intramolecular Hbond substituents is 2. The summed E-state index contributed by atoms with van der Waals surface area (Å²) < 4.78 is 13.1. The Balaban J connectivity index is 0.000000968. The van der Waals surface area contributed by atoms with Crippen LogP contribution in [-0.4, -0.2) is 33.0 Å². The maximum atomic E-state index is 10.8. The largest absolute Gasteiger partial charge is 0.504 e. The molecule has 0 bridgehead atoms. The van der Waals surface area contributed by atoms with Crippen LogP contribution in [0.1, 0.15) is 26.3 Å². The number of hydrogen-bond acceptors (Lipinski definition) is 6. The molecule has 4 aromatic rings. The Kier molecular flexibility index (Phi) is 7.77. The van der Waals surface area contributed by atoms with Crippen LogP contribution < -0.4 is 9.47 Å². The number of hydrogen-bond donors (Lipinski definition) is 2. The highest BCUT2D eigenvalue weighted by Crippen LogP contribution is 2.39. The number of fused-ring (bicyclic) bond motifs is 1. The van der Waals surface area contributed by atoms with Gasteiger partial charge in [-0.15, -0.1) is 0 Å². The summed E-state index contributed by atoms with van der Waals surface area (Å²) in [6.07, 6.45) is 0. The topological polar surface area (TPSA) is 101 Å². The van der Waals surface area contributed by atoms with Gasteiger partial charge in [-0.05, 0) is 44.2 Å². The van der Waals surface area contributed by atoms with Crippen LogP contribution in [0.4, 0.5) is 0 Å². The highest BCUT2D eigenvalue weighted by molar-refractivity contribution is 5.82. The molecule has 0 radical (unpaired) electrons. The van der Waals surface area contributed by atoms with Crippen molar-refractivity contribution in [3.63, 3.8) is 0 Å². The van der Waals surface area contributed by atoms with Gasteiger partial charge >= 0.3 is 0 Å². The highest BCUT2D eigenvalue weighted by atomic mass is 16.5. The molecule has 0 aliphatic heterocycles. The molecule has 1 aromatic heterocycles. The normalized spacial score (nSPS) is 10.2. The smallest absolute Gasteiger partial charge is 0.168 e. The number of phenols is 2. The second-order valence-electron chi connectivity index (χ2n) is 7.02. The van der Waals surface area contributed by atoms with Crippen molar-refractivity contribution in [1.29, 1.82) is 5.26 Å². The Morgan fingerprint density at radius 3 is 2.15 bits per heavy atom. The Hall–Kier alpha value is -4.18. The number of aromatic hydroxyl groups is 2. The van der Waals surface area contributed by atoms with Gasteiger partial charge in [0.1, 0.15) is 5.82 Å². The van der Waals surface area contributed by atoms with Crippen LogP contribution in [0.5, 0.6) is 23.0 Å². The summed E-state index contributed by atoms with van der Waals surface area (Å²) in [5, 5.41) is 28.8. The van der Waals surface area contributed by atoms with Gasteiger partial charge in [0.2, 0.25) is 0 Å². The maximum absolute atomic E-state index is 10.8. The molecule has 0 amide bonds. The molecule has 0 unspecified atom stereocenters. The lowest BCUT2D eigenvalue weighted by Gasteiger charge is -2.15. The lowest BCUT2D eigenvalue weighted by molar-refractivity contribution is 0.316. The number of para-hydroxylation sites is 4. The third-order valence-corrected chi connectivity index (χ3v) is 4.91. The first kappa shape index (κ1) is 23.5. The molecular formula is C26H27N3O4. The molecule has 1 heterocycles. The first-order valence-electron chi connectivity index (χ1n) is 10.7. The number of aromatic nitrogens is 2. The fraction of sp³-hybridized carbons (Fsp3) is 0.231. The van der Waals surface area contributed by atoms with Gasteiger partial charge in [0.05, 0.1) is 42.4 Å². The van der Waals surface area contributed by atoms with Crippen LogP contribution in [0.25, 0.3) is 22.4 Å². The second kappa shape index (κ2) is 10.9. The summed E-state index contributed by atoms with van der Waals surface area (Å²) in [5.41, 5.74) is 2.97. The van der Waals surface area contributed by atoms with E-state index in [2.05, 4.69) is 0 Å². The van der Waals surface area contributed by atoms with E-state index in [0.29, 0.717) is 48.2 Å². The molecule has 0 fully saturated rings. The summed E-state index contributed by atoms with van der Waals surface area (Å²) in [4.78, 5) is 4.76. The summed E-state index contributed by atoms with van der Waals surface area (Å²) in [5.74, 6) is 1.60. The zero-order valence-corrected chi connectivity index (χ0v) is 18.9. The van der Waals surface area contributed by atoms with Crippen molar-refractivity contribution in [1.82, 2.24) is 9.55 Å². The Morgan fingerprint density at radius 1 is 0.879 bits per heavy atom. The molecule has 0 saturated carbocycles. The van der Waals surface area contributed by atoms with Gasteiger partial charge in [-0.25, -0.2) is 4.98 Å². The van der Waals surface area contributed by atoms with Gasteiger partial charge in [0.15, 0.2) is 23.0 Å². The minimum absolute atomic E-state index is 0.0446. The number of nitrogens with zero attached hydrogens (tertiary/aromatic N) is 3. The molecule has 3 aromatic carbocycles. The number of rotatable bonds is 7. The molecule has 2 N–H and O–H groups in total. The van der Waals surface area contributed by atoms with Gasteiger partial charge in [0.25, 0.3) is 0 Å². The van der Waals surface area contributed by atoms with E-state index in [0.717, 1.165) is 11.0 Å². The van der Waals surface area contributed by atoms with Gasteiger partial charge in [0, 0.05) is 12.5 Å². The Bertz CT molecular complexity index is 1270. The summed E-state index contributed by atoms with van der Waals surface area (Å²) in [7, 11) is 0. The molecule has 0 aliphatic rings.